The second-order valence-electron chi connectivity index (χ2n) is 8.44. The first-order valence-electron chi connectivity index (χ1n) is 11.6. The van der Waals surface area contributed by atoms with Crippen LogP contribution in [0.3, 0.4) is 0 Å². The van der Waals surface area contributed by atoms with E-state index in [2.05, 4.69) is 5.16 Å². The molecular weight excluding hydrogens is 469 g/mol. The highest BCUT2D eigenvalue weighted by Crippen LogP contribution is 2.30. The van der Waals surface area contributed by atoms with Crippen molar-refractivity contribution in [2.45, 2.75) is 31.6 Å². The number of aryl methyl sites for hydroxylation is 1. The SMILES string of the molecule is CCN(C(=O)[C@@H]1CCCN(S(=O)(=O)c2c(C)noc2/C=C/c2ccccc2F)C1)c1ccccc1. The summed E-state index contributed by atoms with van der Waals surface area (Å²) in [6.07, 6.45) is 4.03. The molecule has 7 nitrogen and oxygen atoms in total. The number of piperidine rings is 1. The molecule has 0 unspecified atom stereocenters. The monoisotopic (exact) mass is 497 g/mol. The van der Waals surface area contributed by atoms with Gasteiger partial charge in [0.25, 0.3) is 0 Å². The van der Waals surface area contributed by atoms with Gasteiger partial charge in [-0.25, -0.2) is 12.8 Å². The lowest BCUT2D eigenvalue weighted by Crippen LogP contribution is -2.47. The van der Waals surface area contributed by atoms with E-state index in [1.165, 1.54) is 22.5 Å². The average molecular weight is 498 g/mol. The third-order valence-electron chi connectivity index (χ3n) is 6.13. The summed E-state index contributed by atoms with van der Waals surface area (Å²) < 4.78 is 47.9. The zero-order chi connectivity index (χ0) is 25.0. The fraction of sp³-hybridized carbons (Fsp3) is 0.308. The molecule has 3 aromatic rings. The fourth-order valence-electron chi connectivity index (χ4n) is 4.36. The molecule has 0 bridgehead atoms. The van der Waals surface area contributed by atoms with Crippen LogP contribution in [0.25, 0.3) is 12.2 Å². The van der Waals surface area contributed by atoms with Gasteiger partial charge in [0.05, 0.1) is 5.92 Å². The fourth-order valence-corrected chi connectivity index (χ4v) is 6.13. The molecule has 0 N–H and O–H groups in total. The molecule has 4 rings (SSSR count). The molecule has 1 aliphatic rings. The molecule has 1 atom stereocenters. The summed E-state index contributed by atoms with van der Waals surface area (Å²) >= 11 is 0. The average Bonchev–Trinajstić information content (AvgIpc) is 3.25. The molecule has 2 heterocycles. The quantitative estimate of drug-likeness (QED) is 0.471. The maximum atomic E-state index is 14.0. The molecule has 9 heteroatoms. The Kier molecular flexibility index (Phi) is 7.47. The third kappa shape index (κ3) is 5.21. The number of anilines is 1. The molecule has 1 aliphatic heterocycles. The Bertz CT molecular complexity index is 1320. The van der Waals surface area contributed by atoms with E-state index < -0.39 is 21.8 Å². The molecule has 0 saturated carbocycles. The molecule has 0 spiro atoms. The van der Waals surface area contributed by atoms with Gasteiger partial charge in [0, 0.05) is 30.9 Å². The van der Waals surface area contributed by atoms with Crippen molar-refractivity contribution in [1.29, 1.82) is 0 Å². The zero-order valence-electron chi connectivity index (χ0n) is 19.7. The number of halogens is 1. The highest BCUT2D eigenvalue weighted by Gasteiger charge is 2.38. The van der Waals surface area contributed by atoms with Crippen molar-refractivity contribution >= 4 is 33.8 Å². The normalized spacial score (nSPS) is 17.1. The summed E-state index contributed by atoms with van der Waals surface area (Å²) in [5, 5.41) is 3.85. The van der Waals surface area contributed by atoms with Crippen molar-refractivity contribution < 1.29 is 22.1 Å². The number of nitrogens with zero attached hydrogens (tertiary/aromatic N) is 3. The second kappa shape index (κ2) is 10.5. The first kappa shape index (κ1) is 24.8. The van der Waals surface area contributed by atoms with Gasteiger partial charge < -0.3 is 9.42 Å². The van der Waals surface area contributed by atoms with Crippen LogP contribution in [0.2, 0.25) is 0 Å². The summed E-state index contributed by atoms with van der Waals surface area (Å²) in [4.78, 5) is 15.0. The standard InChI is InChI=1S/C26H28FN3O4S/c1-3-30(22-12-5-4-6-13-22)26(31)21-11-9-17-29(18-21)35(32,33)25-19(2)28-34-24(25)16-15-20-10-7-8-14-23(20)27/h4-8,10,12-16,21H,3,9,11,17-18H2,1-2H3/b16-15+/t21-/m1/s1. The largest absolute Gasteiger partial charge is 0.355 e. The molecule has 1 fully saturated rings. The summed E-state index contributed by atoms with van der Waals surface area (Å²) in [5.74, 6) is -0.962. The van der Waals surface area contributed by atoms with Crippen LogP contribution in [0.5, 0.6) is 0 Å². The Morgan fingerprint density at radius 3 is 2.60 bits per heavy atom. The number of hydrogen-bond donors (Lipinski definition) is 0. The van der Waals surface area contributed by atoms with Gasteiger partial charge in [-0.3, -0.25) is 4.79 Å². The predicted octanol–water partition coefficient (Wildman–Crippen LogP) is 4.75. The van der Waals surface area contributed by atoms with E-state index in [0.717, 1.165) is 5.69 Å². The lowest BCUT2D eigenvalue weighted by molar-refractivity contribution is -0.123. The molecule has 1 saturated heterocycles. The molecule has 0 radical (unpaired) electrons. The van der Waals surface area contributed by atoms with Crippen LogP contribution < -0.4 is 4.90 Å². The molecule has 184 valence electrons. The molecule has 0 aliphatic carbocycles. The zero-order valence-corrected chi connectivity index (χ0v) is 20.5. The van der Waals surface area contributed by atoms with Crippen molar-refractivity contribution in [2.24, 2.45) is 5.92 Å². The first-order valence-corrected chi connectivity index (χ1v) is 13.0. The van der Waals surface area contributed by atoms with Crippen LogP contribution in [0.15, 0.2) is 64.0 Å². The number of rotatable bonds is 7. The summed E-state index contributed by atoms with van der Waals surface area (Å²) in [7, 11) is -4.00. The van der Waals surface area contributed by atoms with E-state index in [4.69, 9.17) is 4.52 Å². The molecule has 1 amide bonds. The Morgan fingerprint density at radius 1 is 1.17 bits per heavy atom. The molecular formula is C26H28FN3O4S. The lowest BCUT2D eigenvalue weighted by Gasteiger charge is -2.34. The van der Waals surface area contributed by atoms with Crippen molar-refractivity contribution in [2.75, 3.05) is 24.5 Å². The topological polar surface area (TPSA) is 83.7 Å². The van der Waals surface area contributed by atoms with Crippen LogP contribution >= 0.6 is 0 Å². The minimum Gasteiger partial charge on any atom is -0.355 e. The van der Waals surface area contributed by atoms with E-state index in [0.29, 0.717) is 31.5 Å². The number of benzene rings is 2. The number of aromatic nitrogens is 1. The second-order valence-corrected chi connectivity index (χ2v) is 10.3. The van der Waals surface area contributed by atoms with Crippen LogP contribution in [-0.4, -0.2) is 43.4 Å². The minimum absolute atomic E-state index is 0.0265. The van der Waals surface area contributed by atoms with Gasteiger partial charge in [0.1, 0.15) is 11.5 Å². The summed E-state index contributed by atoms with van der Waals surface area (Å²) in [6, 6.07) is 15.5. The van der Waals surface area contributed by atoms with Gasteiger partial charge >= 0.3 is 0 Å². The number of carbonyl (C=O) groups is 1. The Hall–Kier alpha value is -3.30. The van der Waals surface area contributed by atoms with Crippen LogP contribution in [-0.2, 0) is 14.8 Å². The van der Waals surface area contributed by atoms with Crippen LogP contribution in [0.4, 0.5) is 10.1 Å². The van der Waals surface area contributed by atoms with E-state index in [1.807, 2.05) is 37.3 Å². The smallest absolute Gasteiger partial charge is 0.248 e. The predicted molar refractivity (Wildman–Crippen MR) is 133 cm³/mol. The third-order valence-corrected chi connectivity index (χ3v) is 8.16. The Labute approximate surface area is 204 Å². The van der Waals surface area contributed by atoms with E-state index in [1.54, 1.807) is 30.0 Å². The summed E-state index contributed by atoms with van der Waals surface area (Å²) in [6.45, 7) is 4.31. The van der Waals surface area contributed by atoms with Gasteiger partial charge in [-0.15, -0.1) is 0 Å². The van der Waals surface area contributed by atoms with Crippen LogP contribution in [0, 0.1) is 18.7 Å². The van der Waals surface area contributed by atoms with Crippen molar-refractivity contribution in [3.8, 4) is 0 Å². The minimum atomic E-state index is -4.00. The van der Waals surface area contributed by atoms with Crippen LogP contribution in [0.1, 0.15) is 36.8 Å². The number of amides is 1. The van der Waals surface area contributed by atoms with Crippen molar-refractivity contribution in [1.82, 2.24) is 9.46 Å². The van der Waals surface area contributed by atoms with Gasteiger partial charge in [0.2, 0.25) is 15.9 Å². The molecule has 2 aromatic carbocycles. The Balaban J connectivity index is 1.58. The van der Waals surface area contributed by atoms with Crippen molar-refractivity contribution in [3.63, 3.8) is 0 Å². The highest BCUT2D eigenvalue weighted by atomic mass is 32.2. The van der Waals surface area contributed by atoms with E-state index in [9.17, 15) is 17.6 Å². The Morgan fingerprint density at radius 2 is 1.89 bits per heavy atom. The van der Waals surface area contributed by atoms with Gasteiger partial charge in [-0.05, 0) is 57.0 Å². The van der Waals surface area contributed by atoms with Crippen molar-refractivity contribution in [3.05, 3.63) is 77.4 Å². The van der Waals surface area contributed by atoms with E-state index in [-0.39, 0.29) is 28.8 Å². The summed E-state index contributed by atoms with van der Waals surface area (Å²) in [5.41, 5.74) is 1.30. The first-order chi connectivity index (χ1) is 16.8. The molecule has 35 heavy (non-hydrogen) atoms. The maximum Gasteiger partial charge on any atom is 0.248 e. The van der Waals surface area contributed by atoms with Gasteiger partial charge in [-0.1, -0.05) is 41.6 Å². The molecule has 1 aromatic heterocycles. The van der Waals surface area contributed by atoms with Gasteiger partial charge in [0.15, 0.2) is 10.7 Å². The number of hydrogen-bond acceptors (Lipinski definition) is 5. The lowest BCUT2D eigenvalue weighted by atomic mass is 9.97. The maximum absolute atomic E-state index is 14.0. The van der Waals surface area contributed by atoms with E-state index >= 15 is 0 Å². The highest BCUT2D eigenvalue weighted by molar-refractivity contribution is 7.89. The van der Waals surface area contributed by atoms with Gasteiger partial charge in [-0.2, -0.15) is 4.31 Å². The number of para-hydroxylation sites is 1. The number of sulfonamides is 1. The number of carbonyl (C=O) groups excluding carboxylic acids is 1.